The third-order valence-electron chi connectivity index (χ3n) is 12.4. The van der Waals surface area contributed by atoms with E-state index in [1.807, 2.05) is 4.58 Å². The monoisotopic (exact) mass is 1110 g/mol. The highest BCUT2D eigenvalue weighted by Crippen LogP contribution is 2.51. The Kier molecular flexibility index (Phi) is 20.6. The molecule has 24 nitrogen and oxygen atoms in total. The highest BCUT2D eigenvalue weighted by atomic mass is 32.2. The van der Waals surface area contributed by atoms with E-state index in [0.717, 1.165) is 0 Å². The molecule has 1 fully saturated rings. The highest BCUT2D eigenvalue weighted by Gasteiger charge is 2.49. The van der Waals surface area contributed by atoms with Gasteiger partial charge in [-0.05, 0) is 81.5 Å². The fraction of sp³-hybridized carbons (Fsp3) is 0.556. The number of hydrogen-bond donors (Lipinski definition) is 4. The zero-order valence-corrected chi connectivity index (χ0v) is 43.8. The molecule has 2 amide bonds. The molecule has 0 saturated carbocycles. The SMILES string of the molecule is COCCOCCOCC[N+]1=C(/C=C/C=C2/N(CCOCCOCCC(=O)ON3C(=O)CCC3=O)c3ccc(S(=O)(=O)O)cc3C2(C)CCCS(=O)(=O)O)C(C)(CCCS(=O)(=O)O)c2cc(S(=O)(=O)O)ccc21. The van der Waals surface area contributed by atoms with Gasteiger partial charge in [0.25, 0.3) is 52.3 Å². The Morgan fingerprint density at radius 2 is 1.21 bits per heavy atom. The minimum absolute atomic E-state index is 0.0153. The van der Waals surface area contributed by atoms with Gasteiger partial charge >= 0.3 is 5.97 Å². The fourth-order valence-electron chi connectivity index (χ4n) is 8.90. The lowest BCUT2D eigenvalue weighted by molar-refractivity contribution is -0.442. The van der Waals surface area contributed by atoms with E-state index in [-0.39, 0.29) is 104 Å². The normalized spacial score (nSPS) is 20.0. The summed E-state index contributed by atoms with van der Waals surface area (Å²) in [6, 6.07) is 7.97. The Labute approximate surface area is 424 Å². The van der Waals surface area contributed by atoms with Gasteiger partial charge in [0, 0.05) is 61.0 Å². The van der Waals surface area contributed by atoms with Crippen molar-refractivity contribution in [3.8, 4) is 0 Å². The Bertz CT molecular complexity index is 2890. The maximum atomic E-state index is 12.5. The third-order valence-corrected chi connectivity index (χ3v) is 15.7. The van der Waals surface area contributed by atoms with Gasteiger partial charge in [-0.1, -0.05) is 6.08 Å². The van der Waals surface area contributed by atoms with Crippen molar-refractivity contribution in [3.63, 3.8) is 0 Å². The molecule has 0 bridgehead atoms. The number of allylic oxidation sites excluding steroid dienone is 4. The molecule has 0 aromatic heterocycles. The topological polar surface area (TPSA) is 334 Å². The Morgan fingerprint density at radius 1 is 0.685 bits per heavy atom. The van der Waals surface area contributed by atoms with Crippen LogP contribution in [-0.2, 0) is 94.2 Å². The number of methoxy groups -OCH3 is 1. The van der Waals surface area contributed by atoms with Crippen molar-refractivity contribution in [2.24, 2.45) is 0 Å². The molecule has 1 saturated heterocycles. The van der Waals surface area contributed by atoms with Gasteiger partial charge in [0.15, 0.2) is 12.3 Å². The van der Waals surface area contributed by atoms with E-state index < -0.39 is 90.4 Å². The Hall–Kier alpha value is -4.56. The van der Waals surface area contributed by atoms with Crippen LogP contribution < -0.4 is 4.90 Å². The van der Waals surface area contributed by atoms with E-state index in [9.17, 15) is 66.3 Å². The number of rotatable bonds is 31. The van der Waals surface area contributed by atoms with Crippen molar-refractivity contribution in [2.45, 2.75) is 79.4 Å². The standard InChI is InChI=1S/C45H61N3O21S4/c1-44(16-5-29-70(52,53)54)35-31-33(72(58,59)60)9-11-37(35)46(18-21-66-26-25-65-20-15-43(51)69-48-41(49)13-14-42(48)50)39(44)7-4-8-40-45(2,17-6-30-71(55,56)57)36-32-34(73(61,62)63)10-12-38(36)47(40)19-22-67-27-28-68-24-23-64-3/h4,7-12,31-32H,5-6,13-30H2,1-3H3,(H3-,52,53,54,55,56,57,58,59,60,61,62,63)/p+1. The van der Waals surface area contributed by atoms with Gasteiger partial charge in [0.1, 0.15) is 6.61 Å². The molecular weight excluding hydrogens is 1050 g/mol. The molecule has 2 aromatic rings. The van der Waals surface area contributed by atoms with E-state index >= 15 is 0 Å². The molecule has 4 N–H and O–H groups in total. The van der Waals surface area contributed by atoms with Crippen molar-refractivity contribution in [1.82, 2.24) is 5.06 Å². The molecule has 3 heterocycles. The molecule has 3 aliphatic heterocycles. The minimum atomic E-state index is -4.75. The van der Waals surface area contributed by atoms with Crippen LogP contribution in [0, 0.1) is 0 Å². The molecule has 2 atom stereocenters. The van der Waals surface area contributed by atoms with E-state index in [1.165, 1.54) is 43.5 Å². The zero-order valence-electron chi connectivity index (χ0n) is 40.5. The zero-order chi connectivity index (χ0) is 53.8. The fourth-order valence-corrected chi connectivity index (χ4v) is 10.9. The average molecular weight is 1110 g/mol. The van der Waals surface area contributed by atoms with Gasteiger partial charge in [-0.15, -0.1) is 5.06 Å². The van der Waals surface area contributed by atoms with Crippen LogP contribution in [-0.4, -0.2) is 176 Å². The molecule has 73 heavy (non-hydrogen) atoms. The molecule has 406 valence electrons. The predicted octanol–water partition coefficient (Wildman–Crippen LogP) is 2.80. The van der Waals surface area contributed by atoms with E-state index in [2.05, 4.69) is 0 Å². The van der Waals surface area contributed by atoms with Gasteiger partial charge in [0.05, 0.1) is 86.0 Å². The van der Waals surface area contributed by atoms with Gasteiger partial charge in [-0.2, -0.15) is 38.2 Å². The Balaban J connectivity index is 1.50. The molecule has 5 rings (SSSR count). The molecule has 2 unspecified atom stereocenters. The lowest BCUT2D eigenvalue weighted by Gasteiger charge is -2.30. The first-order valence-electron chi connectivity index (χ1n) is 23.0. The van der Waals surface area contributed by atoms with E-state index in [4.69, 9.17) is 28.5 Å². The number of imide groups is 1. The second kappa shape index (κ2) is 25.3. The van der Waals surface area contributed by atoms with Crippen LogP contribution in [0.25, 0.3) is 0 Å². The first-order valence-corrected chi connectivity index (χ1v) is 29.1. The van der Waals surface area contributed by atoms with Crippen LogP contribution in [0.5, 0.6) is 0 Å². The highest BCUT2D eigenvalue weighted by molar-refractivity contribution is 7.86. The van der Waals surface area contributed by atoms with Gasteiger partial charge in [0.2, 0.25) is 5.69 Å². The number of carbonyl (C=O) groups is 3. The number of amides is 2. The third kappa shape index (κ3) is 16.2. The summed E-state index contributed by atoms with van der Waals surface area (Å²) < 4.78 is 167. The van der Waals surface area contributed by atoms with Crippen LogP contribution in [0.15, 0.2) is 70.1 Å². The van der Waals surface area contributed by atoms with E-state index in [0.29, 0.717) is 52.2 Å². The minimum Gasteiger partial charge on any atom is -0.382 e. The van der Waals surface area contributed by atoms with Crippen molar-refractivity contribution in [3.05, 3.63) is 71.5 Å². The number of hydrogen-bond acceptors (Lipinski definition) is 18. The van der Waals surface area contributed by atoms with Crippen molar-refractivity contribution >= 4 is 75.3 Å². The van der Waals surface area contributed by atoms with Crippen LogP contribution in [0.4, 0.5) is 11.4 Å². The second-order valence-corrected chi connectivity index (χ2v) is 23.6. The summed E-state index contributed by atoms with van der Waals surface area (Å²) in [4.78, 5) is 41.4. The van der Waals surface area contributed by atoms with E-state index in [1.54, 1.807) is 37.0 Å². The quantitative estimate of drug-likeness (QED) is 0.0365. The molecule has 0 spiro atoms. The van der Waals surface area contributed by atoms with Crippen LogP contribution in [0.1, 0.15) is 69.9 Å². The van der Waals surface area contributed by atoms with Gasteiger partial charge in [-0.3, -0.25) is 27.8 Å². The number of nitrogens with zero attached hydrogens (tertiary/aromatic N) is 3. The molecule has 0 aliphatic carbocycles. The lowest BCUT2D eigenvalue weighted by Crippen LogP contribution is -2.33. The summed E-state index contributed by atoms with van der Waals surface area (Å²) in [5.74, 6) is -3.35. The predicted molar refractivity (Wildman–Crippen MR) is 260 cm³/mol. The summed E-state index contributed by atoms with van der Waals surface area (Å²) in [5.41, 5.74) is 0.370. The lowest BCUT2D eigenvalue weighted by atomic mass is 9.75. The maximum absolute atomic E-state index is 12.5. The van der Waals surface area contributed by atoms with Gasteiger partial charge in [-0.25, -0.2) is 4.79 Å². The van der Waals surface area contributed by atoms with Gasteiger partial charge < -0.3 is 33.4 Å². The summed E-state index contributed by atoms with van der Waals surface area (Å²) in [6.07, 6.45) is 4.55. The summed E-state index contributed by atoms with van der Waals surface area (Å²) in [6.45, 7) is 5.03. The largest absolute Gasteiger partial charge is 0.382 e. The number of carbonyl (C=O) groups excluding carboxylic acids is 3. The molecule has 0 radical (unpaired) electrons. The summed E-state index contributed by atoms with van der Waals surface area (Å²) in [5, 5.41) is 0.436. The van der Waals surface area contributed by atoms with Crippen LogP contribution >= 0.6 is 0 Å². The number of fused-ring (bicyclic) bond motifs is 2. The Morgan fingerprint density at radius 3 is 1.78 bits per heavy atom. The molecule has 28 heteroatoms. The number of hydroxylamine groups is 2. The van der Waals surface area contributed by atoms with Crippen molar-refractivity contribution < 1.29 is 99.4 Å². The number of benzene rings is 2. The molecular formula is C45H62N3O21S4+. The maximum Gasteiger partial charge on any atom is 0.335 e. The molecule has 3 aliphatic rings. The van der Waals surface area contributed by atoms with Crippen LogP contribution in [0.2, 0.25) is 0 Å². The summed E-state index contributed by atoms with van der Waals surface area (Å²) >= 11 is 0. The van der Waals surface area contributed by atoms with Crippen molar-refractivity contribution in [1.29, 1.82) is 0 Å². The number of ether oxygens (including phenoxy) is 5. The second-order valence-electron chi connectivity index (χ2n) is 17.6. The van der Waals surface area contributed by atoms with Crippen molar-refractivity contribution in [2.75, 3.05) is 96.1 Å². The van der Waals surface area contributed by atoms with Crippen LogP contribution in [0.3, 0.4) is 0 Å². The number of anilines is 1. The summed E-state index contributed by atoms with van der Waals surface area (Å²) in [7, 11) is -16.8. The first kappa shape index (κ1) is 59.3. The molecule has 2 aromatic carbocycles. The average Bonchev–Trinajstić information content (AvgIpc) is 3.82. The first-order chi connectivity index (χ1) is 34.2. The smallest absolute Gasteiger partial charge is 0.335 e.